The standard InChI is InChI=1S/C14H17N3O2/c1-2-14(13(18)19)6-3-7-17(10-14)12-5-4-11(8-15)16-9-12/h4-5,9H,2-3,6-7,10H2,1H3,(H,18,19). The first-order chi connectivity index (χ1) is 9.11. The van der Waals surface area contributed by atoms with Crippen LogP contribution < -0.4 is 4.90 Å². The van der Waals surface area contributed by atoms with Crippen molar-refractivity contribution in [1.82, 2.24) is 4.98 Å². The van der Waals surface area contributed by atoms with Gasteiger partial charge in [-0.05, 0) is 31.4 Å². The van der Waals surface area contributed by atoms with E-state index in [1.807, 2.05) is 19.1 Å². The molecule has 1 aromatic rings. The van der Waals surface area contributed by atoms with Gasteiger partial charge in [0.1, 0.15) is 11.8 Å². The van der Waals surface area contributed by atoms with Gasteiger partial charge in [0.05, 0.1) is 17.3 Å². The van der Waals surface area contributed by atoms with Gasteiger partial charge < -0.3 is 10.0 Å². The van der Waals surface area contributed by atoms with E-state index in [1.165, 1.54) is 0 Å². The lowest BCUT2D eigenvalue weighted by Gasteiger charge is -2.40. The van der Waals surface area contributed by atoms with Crippen LogP contribution in [0.1, 0.15) is 31.9 Å². The number of nitriles is 1. The van der Waals surface area contributed by atoms with Gasteiger partial charge >= 0.3 is 5.97 Å². The summed E-state index contributed by atoms with van der Waals surface area (Å²) in [5.41, 5.74) is 0.602. The van der Waals surface area contributed by atoms with Crippen LogP contribution in [0.15, 0.2) is 18.3 Å². The van der Waals surface area contributed by atoms with Crippen molar-refractivity contribution in [2.24, 2.45) is 5.41 Å². The Kier molecular flexibility index (Phi) is 3.70. The first-order valence-corrected chi connectivity index (χ1v) is 6.46. The molecular weight excluding hydrogens is 242 g/mol. The van der Waals surface area contributed by atoms with Crippen molar-refractivity contribution in [3.63, 3.8) is 0 Å². The minimum Gasteiger partial charge on any atom is -0.481 e. The quantitative estimate of drug-likeness (QED) is 0.898. The van der Waals surface area contributed by atoms with Crippen molar-refractivity contribution in [1.29, 1.82) is 5.26 Å². The van der Waals surface area contributed by atoms with Crippen LogP contribution in [0.3, 0.4) is 0 Å². The Hall–Kier alpha value is -2.09. The fraction of sp³-hybridized carbons (Fsp3) is 0.500. The lowest BCUT2D eigenvalue weighted by atomic mass is 9.77. The van der Waals surface area contributed by atoms with Crippen molar-refractivity contribution in [3.8, 4) is 6.07 Å². The third-order valence-electron chi connectivity index (χ3n) is 3.93. The summed E-state index contributed by atoms with van der Waals surface area (Å²) in [6, 6.07) is 5.48. The molecule has 1 atom stereocenters. The van der Waals surface area contributed by atoms with E-state index in [1.54, 1.807) is 12.3 Å². The maximum Gasteiger partial charge on any atom is 0.311 e. The van der Waals surface area contributed by atoms with Gasteiger partial charge in [0, 0.05) is 13.1 Å². The summed E-state index contributed by atoms with van der Waals surface area (Å²) in [5, 5.41) is 18.2. The molecule has 1 N–H and O–H groups in total. The lowest BCUT2D eigenvalue weighted by Crippen LogP contribution is -2.47. The van der Waals surface area contributed by atoms with Crippen molar-refractivity contribution < 1.29 is 9.90 Å². The highest BCUT2D eigenvalue weighted by Gasteiger charge is 2.40. The molecule has 0 aliphatic carbocycles. The number of rotatable bonds is 3. The second-order valence-electron chi connectivity index (χ2n) is 4.98. The first kappa shape index (κ1) is 13.3. The average molecular weight is 259 g/mol. The molecule has 0 aromatic carbocycles. The number of carboxylic acids is 1. The van der Waals surface area contributed by atoms with E-state index >= 15 is 0 Å². The zero-order chi connectivity index (χ0) is 13.9. The van der Waals surface area contributed by atoms with Gasteiger partial charge in [0.2, 0.25) is 0 Å². The van der Waals surface area contributed by atoms with Crippen LogP contribution in [0, 0.1) is 16.7 Å². The molecule has 1 saturated heterocycles. The summed E-state index contributed by atoms with van der Waals surface area (Å²) >= 11 is 0. The van der Waals surface area contributed by atoms with Gasteiger partial charge in [-0.2, -0.15) is 5.26 Å². The normalized spacial score (nSPS) is 22.8. The van der Waals surface area contributed by atoms with E-state index in [9.17, 15) is 9.90 Å². The van der Waals surface area contributed by atoms with E-state index in [0.29, 0.717) is 18.7 Å². The number of pyridine rings is 1. The van der Waals surface area contributed by atoms with Crippen molar-refractivity contribution in [2.45, 2.75) is 26.2 Å². The Morgan fingerprint density at radius 3 is 2.95 bits per heavy atom. The second-order valence-corrected chi connectivity index (χ2v) is 4.98. The molecule has 0 bridgehead atoms. The van der Waals surface area contributed by atoms with Gasteiger partial charge in [0.15, 0.2) is 0 Å². The zero-order valence-electron chi connectivity index (χ0n) is 11.0. The first-order valence-electron chi connectivity index (χ1n) is 6.46. The molecule has 1 aliphatic heterocycles. The highest BCUT2D eigenvalue weighted by molar-refractivity contribution is 5.76. The van der Waals surface area contributed by atoms with Crippen molar-refractivity contribution >= 4 is 11.7 Å². The number of aromatic nitrogens is 1. The number of anilines is 1. The zero-order valence-corrected chi connectivity index (χ0v) is 11.0. The number of hydrogen-bond donors (Lipinski definition) is 1. The van der Waals surface area contributed by atoms with Crippen LogP contribution in [0.25, 0.3) is 0 Å². The summed E-state index contributed by atoms with van der Waals surface area (Å²) in [4.78, 5) is 17.6. The van der Waals surface area contributed by atoms with Gasteiger partial charge in [-0.15, -0.1) is 0 Å². The number of hydrogen-bond acceptors (Lipinski definition) is 4. The van der Waals surface area contributed by atoms with Crippen LogP contribution in [0.4, 0.5) is 5.69 Å². The Bertz CT molecular complexity index is 506. The summed E-state index contributed by atoms with van der Waals surface area (Å²) in [5.74, 6) is -0.721. The Morgan fingerprint density at radius 2 is 2.42 bits per heavy atom. The Balaban J connectivity index is 2.21. The topological polar surface area (TPSA) is 77.2 Å². The number of carboxylic acid groups (broad SMARTS) is 1. The fourth-order valence-corrected chi connectivity index (χ4v) is 2.61. The molecule has 0 amide bonds. The molecule has 2 heterocycles. The average Bonchev–Trinajstić information content (AvgIpc) is 2.47. The molecule has 5 nitrogen and oxygen atoms in total. The number of piperidine rings is 1. The molecule has 1 fully saturated rings. The van der Waals surface area contributed by atoms with Gasteiger partial charge in [-0.3, -0.25) is 4.79 Å². The highest BCUT2D eigenvalue weighted by Crippen LogP contribution is 2.35. The maximum atomic E-state index is 11.5. The maximum absolute atomic E-state index is 11.5. The van der Waals surface area contributed by atoms with Crippen molar-refractivity contribution in [3.05, 3.63) is 24.0 Å². The molecule has 0 spiro atoms. The van der Waals surface area contributed by atoms with E-state index < -0.39 is 11.4 Å². The molecule has 0 saturated carbocycles. The minimum atomic E-state index is -0.721. The van der Waals surface area contributed by atoms with Gasteiger partial charge in [0.25, 0.3) is 0 Å². The third-order valence-corrected chi connectivity index (χ3v) is 3.93. The van der Waals surface area contributed by atoms with Crippen molar-refractivity contribution in [2.75, 3.05) is 18.0 Å². The van der Waals surface area contributed by atoms with Gasteiger partial charge in [-0.25, -0.2) is 4.98 Å². The van der Waals surface area contributed by atoms with E-state index in [-0.39, 0.29) is 0 Å². The van der Waals surface area contributed by atoms with Crippen LogP contribution in [-0.2, 0) is 4.79 Å². The van der Waals surface area contributed by atoms with Crippen LogP contribution in [0.5, 0.6) is 0 Å². The van der Waals surface area contributed by atoms with E-state index in [2.05, 4.69) is 9.88 Å². The fourth-order valence-electron chi connectivity index (χ4n) is 2.61. The SMILES string of the molecule is CCC1(C(=O)O)CCCN(c2ccc(C#N)nc2)C1. The predicted molar refractivity (Wildman–Crippen MR) is 70.8 cm³/mol. The van der Waals surface area contributed by atoms with Crippen LogP contribution in [0.2, 0.25) is 0 Å². The van der Waals surface area contributed by atoms with Crippen LogP contribution >= 0.6 is 0 Å². The Morgan fingerprint density at radius 1 is 1.63 bits per heavy atom. The number of aliphatic carboxylic acids is 1. The lowest BCUT2D eigenvalue weighted by molar-refractivity contribution is -0.149. The molecule has 100 valence electrons. The molecule has 1 unspecified atom stereocenters. The molecule has 19 heavy (non-hydrogen) atoms. The largest absolute Gasteiger partial charge is 0.481 e. The molecule has 1 aromatic heterocycles. The highest BCUT2D eigenvalue weighted by atomic mass is 16.4. The van der Waals surface area contributed by atoms with Crippen LogP contribution in [-0.4, -0.2) is 29.1 Å². The third kappa shape index (κ3) is 2.53. The van der Waals surface area contributed by atoms with E-state index in [0.717, 1.165) is 25.1 Å². The number of nitrogens with zero attached hydrogens (tertiary/aromatic N) is 3. The Labute approximate surface area is 112 Å². The molecule has 0 radical (unpaired) electrons. The molecular formula is C14H17N3O2. The van der Waals surface area contributed by atoms with E-state index in [4.69, 9.17) is 5.26 Å². The second kappa shape index (κ2) is 5.27. The van der Waals surface area contributed by atoms with Gasteiger partial charge in [-0.1, -0.05) is 6.92 Å². The molecule has 5 heteroatoms. The smallest absolute Gasteiger partial charge is 0.311 e. The molecule has 2 rings (SSSR count). The number of carbonyl (C=O) groups is 1. The summed E-state index contributed by atoms with van der Waals surface area (Å²) in [6.07, 6.45) is 3.86. The summed E-state index contributed by atoms with van der Waals surface area (Å²) < 4.78 is 0. The minimum absolute atomic E-state index is 0.376. The predicted octanol–water partition coefficient (Wildman–Crippen LogP) is 2.03. The summed E-state index contributed by atoms with van der Waals surface area (Å²) in [7, 11) is 0. The summed E-state index contributed by atoms with van der Waals surface area (Å²) in [6.45, 7) is 3.27. The molecule has 1 aliphatic rings. The monoisotopic (exact) mass is 259 g/mol.